The van der Waals surface area contributed by atoms with Gasteiger partial charge in [0.2, 0.25) is 5.91 Å². The van der Waals surface area contributed by atoms with E-state index in [1.165, 1.54) is 0 Å². The molecule has 3 rings (SSSR count). The fourth-order valence-corrected chi connectivity index (χ4v) is 3.75. The van der Waals surface area contributed by atoms with Crippen molar-refractivity contribution in [1.82, 2.24) is 9.80 Å². The largest absolute Gasteiger partial charge is 0.370 e. The topological polar surface area (TPSA) is 75.9 Å². The van der Waals surface area contributed by atoms with E-state index < -0.39 is 0 Å². The van der Waals surface area contributed by atoms with Gasteiger partial charge in [-0.25, -0.2) is 0 Å². The highest BCUT2D eigenvalue weighted by Crippen LogP contribution is 2.31. The minimum absolute atomic E-state index is 0.0773. The molecular formula is C17H23N3O4. The van der Waals surface area contributed by atoms with Crippen molar-refractivity contribution in [2.24, 2.45) is 0 Å². The van der Waals surface area contributed by atoms with Crippen LogP contribution in [0.15, 0.2) is 24.3 Å². The predicted molar refractivity (Wildman–Crippen MR) is 88.5 cm³/mol. The monoisotopic (exact) mass is 333 g/mol. The number of para-hydroxylation sites is 1. The van der Waals surface area contributed by atoms with Crippen molar-refractivity contribution in [2.75, 3.05) is 32.8 Å². The summed E-state index contributed by atoms with van der Waals surface area (Å²) in [6, 6.07) is 6.87. The third-order valence-electron chi connectivity index (χ3n) is 4.89. The number of hydrogen-bond donors (Lipinski definition) is 0. The van der Waals surface area contributed by atoms with Crippen molar-refractivity contribution in [3.8, 4) is 0 Å². The average molecular weight is 333 g/mol. The van der Waals surface area contributed by atoms with Gasteiger partial charge in [-0.15, -0.1) is 0 Å². The van der Waals surface area contributed by atoms with E-state index in [9.17, 15) is 14.9 Å². The van der Waals surface area contributed by atoms with Crippen LogP contribution >= 0.6 is 0 Å². The Labute approximate surface area is 141 Å². The molecule has 1 aromatic carbocycles. The van der Waals surface area contributed by atoms with Crippen LogP contribution in [-0.2, 0) is 16.1 Å². The van der Waals surface area contributed by atoms with Gasteiger partial charge in [-0.1, -0.05) is 18.2 Å². The fraction of sp³-hybridized carbons (Fsp3) is 0.588. The van der Waals surface area contributed by atoms with Gasteiger partial charge < -0.3 is 9.64 Å². The summed E-state index contributed by atoms with van der Waals surface area (Å²) in [5.41, 5.74) is 0.539. The molecule has 130 valence electrons. The molecule has 2 fully saturated rings. The van der Waals surface area contributed by atoms with Gasteiger partial charge in [-0.3, -0.25) is 19.8 Å². The fourth-order valence-electron chi connectivity index (χ4n) is 3.75. The van der Waals surface area contributed by atoms with Crippen LogP contribution < -0.4 is 0 Å². The van der Waals surface area contributed by atoms with E-state index in [0.29, 0.717) is 32.8 Å². The molecule has 2 aliphatic rings. The van der Waals surface area contributed by atoms with E-state index in [-0.39, 0.29) is 22.1 Å². The first kappa shape index (κ1) is 16.9. The summed E-state index contributed by atoms with van der Waals surface area (Å²) < 4.78 is 6.06. The number of benzene rings is 1. The van der Waals surface area contributed by atoms with E-state index in [4.69, 9.17) is 4.74 Å². The highest BCUT2D eigenvalue weighted by molar-refractivity contribution is 5.73. The first-order valence-electron chi connectivity index (χ1n) is 8.33. The normalized spacial score (nSPS) is 25.0. The van der Waals surface area contributed by atoms with Gasteiger partial charge in [0.15, 0.2) is 0 Å². The van der Waals surface area contributed by atoms with E-state index in [2.05, 4.69) is 4.90 Å². The molecule has 0 radical (unpaired) electrons. The Kier molecular flexibility index (Phi) is 4.82. The number of nitrogens with zero attached hydrogens (tertiary/aromatic N) is 3. The molecule has 0 N–H and O–H groups in total. The number of hydrogen-bond acceptors (Lipinski definition) is 5. The lowest BCUT2D eigenvalue weighted by Crippen LogP contribution is -2.60. The maximum absolute atomic E-state index is 11.7. The van der Waals surface area contributed by atoms with Crippen LogP contribution in [0.4, 0.5) is 5.69 Å². The molecular weight excluding hydrogens is 310 g/mol. The molecule has 2 aliphatic heterocycles. The number of piperidine rings is 1. The number of nitro benzene ring substituents is 1. The lowest BCUT2D eigenvalue weighted by molar-refractivity contribution is -0.385. The minimum atomic E-state index is -0.342. The van der Waals surface area contributed by atoms with Gasteiger partial charge >= 0.3 is 0 Å². The number of amides is 1. The summed E-state index contributed by atoms with van der Waals surface area (Å²) in [5, 5.41) is 11.2. The summed E-state index contributed by atoms with van der Waals surface area (Å²) >= 11 is 0. The Morgan fingerprint density at radius 2 is 2.12 bits per heavy atom. The molecule has 1 spiro atoms. The Bertz CT molecular complexity index is 632. The van der Waals surface area contributed by atoms with Crippen molar-refractivity contribution in [2.45, 2.75) is 31.9 Å². The van der Waals surface area contributed by atoms with Crippen molar-refractivity contribution in [1.29, 1.82) is 0 Å². The SMILES string of the molecule is CC(=O)N1CCO[C@]2(CCCN(Cc3ccccc3[N+](=O)[O-])C2)C1. The number of carbonyl (C=O) groups is 1. The molecule has 24 heavy (non-hydrogen) atoms. The van der Waals surface area contributed by atoms with Gasteiger partial charge in [0.1, 0.15) is 0 Å². The number of rotatable bonds is 3. The van der Waals surface area contributed by atoms with E-state index in [1.54, 1.807) is 19.1 Å². The minimum Gasteiger partial charge on any atom is -0.370 e. The number of carbonyl (C=O) groups excluding carboxylic acids is 1. The summed E-state index contributed by atoms with van der Waals surface area (Å²) in [6.07, 6.45) is 1.89. The van der Waals surface area contributed by atoms with Gasteiger partial charge in [0.05, 0.1) is 23.7 Å². The first-order chi connectivity index (χ1) is 11.5. The number of nitro groups is 1. The molecule has 2 saturated heterocycles. The number of likely N-dealkylation sites (tertiary alicyclic amines) is 1. The second-order valence-corrected chi connectivity index (χ2v) is 6.67. The quantitative estimate of drug-likeness (QED) is 0.623. The Morgan fingerprint density at radius 3 is 2.88 bits per heavy atom. The Morgan fingerprint density at radius 1 is 1.33 bits per heavy atom. The van der Waals surface area contributed by atoms with Crippen molar-refractivity contribution in [3.63, 3.8) is 0 Å². The van der Waals surface area contributed by atoms with Crippen molar-refractivity contribution in [3.05, 3.63) is 39.9 Å². The third kappa shape index (κ3) is 3.57. The standard InChI is InChI=1S/C17H23N3O4/c1-14(21)19-9-10-24-17(13-19)7-4-8-18(12-17)11-15-5-2-3-6-16(15)20(22)23/h2-3,5-6H,4,7-13H2,1H3/t17-/m0/s1. The molecule has 0 saturated carbocycles. The maximum Gasteiger partial charge on any atom is 0.273 e. The van der Waals surface area contributed by atoms with Crippen LogP contribution in [0.25, 0.3) is 0 Å². The zero-order chi connectivity index (χ0) is 17.2. The molecule has 1 atom stereocenters. The van der Waals surface area contributed by atoms with Crippen LogP contribution in [0.1, 0.15) is 25.3 Å². The van der Waals surface area contributed by atoms with Crippen LogP contribution in [0.5, 0.6) is 0 Å². The summed E-state index contributed by atoms with van der Waals surface area (Å²) in [5.74, 6) is 0.0773. The van der Waals surface area contributed by atoms with Crippen LogP contribution in [0, 0.1) is 10.1 Å². The molecule has 0 aromatic heterocycles. The molecule has 7 nitrogen and oxygen atoms in total. The molecule has 0 unspecified atom stereocenters. The van der Waals surface area contributed by atoms with Gasteiger partial charge in [-0.2, -0.15) is 0 Å². The van der Waals surface area contributed by atoms with Gasteiger partial charge in [0.25, 0.3) is 5.69 Å². The molecule has 0 bridgehead atoms. The molecule has 1 amide bonds. The highest BCUT2D eigenvalue weighted by atomic mass is 16.6. The van der Waals surface area contributed by atoms with Crippen LogP contribution in [0.3, 0.4) is 0 Å². The van der Waals surface area contributed by atoms with E-state index in [1.807, 2.05) is 17.0 Å². The summed E-state index contributed by atoms with van der Waals surface area (Å²) in [7, 11) is 0. The smallest absolute Gasteiger partial charge is 0.273 e. The average Bonchev–Trinajstić information content (AvgIpc) is 2.55. The van der Waals surface area contributed by atoms with Gasteiger partial charge in [-0.05, 0) is 19.4 Å². The molecule has 7 heteroatoms. The van der Waals surface area contributed by atoms with Crippen LogP contribution in [0.2, 0.25) is 0 Å². The molecule has 1 aromatic rings. The lowest BCUT2D eigenvalue weighted by atomic mass is 9.90. The summed E-state index contributed by atoms with van der Waals surface area (Å²) in [4.78, 5) is 26.6. The predicted octanol–water partition coefficient (Wildman–Crippen LogP) is 1.81. The van der Waals surface area contributed by atoms with E-state index in [0.717, 1.165) is 24.9 Å². The lowest BCUT2D eigenvalue weighted by Gasteiger charge is -2.48. The number of morpholine rings is 1. The zero-order valence-electron chi connectivity index (χ0n) is 13.9. The summed E-state index contributed by atoms with van der Waals surface area (Å²) in [6.45, 7) is 5.51. The molecule has 2 heterocycles. The second-order valence-electron chi connectivity index (χ2n) is 6.67. The third-order valence-corrected chi connectivity index (χ3v) is 4.89. The second kappa shape index (κ2) is 6.86. The highest BCUT2D eigenvalue weighted by Gasteiger charge is 2.41. The van der Waals surface area contributed by atoms with Crippen LogP contribution in [-0.4, -0.2) is 59.0 Å². The first-order valence-corrected chi connectivity index (χ1v) is 8.33. The Balaban J connectivity index is 1.72. The molecule has 0 aliphatic carbocycles. The zero-order valence-corrected chi connectivity index (χ0v) is 13.9. The van der Waals surface area contributed by atoms with E-state index >= 15 is 0 Å². The Hall–Kier alpha value is -1.99. The maximum atomic E-state index is 11.7. The van der Waals surface area contributed by atoms with Crippen molar-refractivity contribution >= 4 is 11.6 Å². The van der Waals surface area contributed by atoms with Crippen molar-refractivity contribution < 1.29 is 14.5 Å². The van der Waals surface area contributed by atoms with Gasteiger partial charge in [0, 0.05) is 38.2 Å². The number of ether oxygens (including phenoxy) is 1.